The summed E-state index contributed by atoms with van der Waals surface area (Å²) in [5.41, 5.74) is 1.43. The van der Waals surface area contributed by atoms with Crippen LogP contribution in [-0.2, 0) is 11.3 Å². The summed E-state index contributed by atoms with van der Waals surface area (Å²) in [6.45, 7) is 3.85. The number of pyridine rings is 1. The Morgan fingerprint density at radius 2 is 2.09 bits per heavy atom. The molecule has 0 bridgehead atoms. The fraction of sp³-hybridized carbons (Fsp3) is 0.120. The first-order valence-electron chi connectivity index (χ1n) is 10.1. The highest BCUT2D eigenvalue weighted by Gasteiger charge is 2.18. The van der Waals surface area contributed by atoms with E-state index < -0.39 is 11.5 Å². The number of rotatable bonds is 6. The number of carbonyl (C=O) groups is 1. The van der Waals surface area contributed by atoms with Gasteiger partial charge in [-0.2, -0.15) is 10.2 Å². The number of hydrogen-bond donors (Lipinski definition) is 1. The van der Waals surface area contributed by atoms with Crippen molar-refractivity contribution in [3.05, 3.63) is 99.4 Å². The van der Waals surface area contributed by atoms with E-state index in [1.54, 1.807) is 36.5 Å². The smallest absolute Gasteiger partial charge is 0.269 e. The molecule has 0 unspecified atom stereocenters. The zero-order valence-electron chi connectivity index (χ0n) is 18.0. The van der Waals surface area contributed by atoms with Crippen LogP contribution in [0.5, 0.6) is 11.6 Å². The molecule has 33 heavy (non-hydrogen) atoms. The van der Waals surface area contributed by atoms with Gasteiger partial charge in [-0.25, -0.2) is 0 Å². The van der Waals surface area contributed by atoms with Crippen molar-refractivity contribution in [2.75, 3.05) is 0 Å². The molecule has 1 N–H and O–H groups in total. The summed E-state index contributed by atoms with van der Waals surface area (Å²) in [7, 11) is 0. The molecular formula is C25H20N4O4. The molecule has 0 spiro atoms. The molecule has 1 amide bonds. The van der Waals surface area contributed by atoms with Gasteiger partial charge in [0, 0.05) is 6.20 Å². The minimum Gasteiger partial charge on any atom is -0.467 e. The van der Waals surface area contributed by atoms with E-state index in [0.717, 1.165) is 11.1 Å². The van der Waals surface area contributed by atoms with Crippen LogP contribution < -0.4 is 15.6 Å². The number of hydrogen-bond acceptors (Lipinski definition) is 6. The van der Waals surface area contributed by atoms with Gasteiger partial charge in [-0.05, 0) is 61.4 Å². The number of nitrogens with zero attached hydrogens (tertiary/aromatic N) is 3. The van der Waals surface area contributed by atoms with Gasteiger partial charge >= 0.3 is 0 Å². The number of amides is 1. The second kappa shape index (κ2) is 9.24. The molecule has 0 aliphatic heterocycles. The van der Waals surface area contributed by atoms with E-state index >= 15 is 0 Å². The Labute approximate surface area is 189 Å². The van der Waals surface area contributed by atoms with Crippen molar-refractivity contribution in [1.82, 2.24) is 14.7 Å². The lowest BCUT2D eigenvalue weighted by atomic mass is 10.1. The van der Waals surface area contributed by atoms with Crippen molar-refractivity contribution >= 4 is 17.6 Å². The molecular weight excluding hydrogens is 420 g/mol. The number of nitrogens with one attached hydrogen (secondary N) is 1. The zero-order chi connectivity index (χ0) is 23.4. The Balaban J connectivity index is 1.80. The van der Waals surface area contributed by atoms with Crippen LogP contribution in [-0.4, -0.2) is 15.3 Å². The van der Waals surface area contributed by atoms with Crippen molar-refractivity contribution in [3.63, 3.8) is 0 Å². The molecule has 0 saturated carbocycles. The molecule has 4 rings (SSSR count). The number of carbonyl (C=O) groups excluding carboxylic acids is 1. The van der Waals surface area contributed by atoms with Crippen LogP contribution in [0, 0.1) is 25.2 Å². The maximum absolute atomic E-state index is 13.3. The van der Waals surface area contributed by atoms with E-state index in [2.05, 4.69) is 10.3 Å². The Hall–Kier alpha value is -4.64. The van der Waals surface area contributed by atoms with Crippen LogP contribution in [0.1, 0.15) is 22.5 Å². The second-order valence-corrected chi connectivity index (χ2v) is 7.37. The van der Waals surface area contributed by atoms with Crippen LogP contribution >= 0.6 is 0 Å². The molecule has 0 aliphatic rings. The van der Waals surface area contributed by atoms with Crippen LogP contribution in [0.4, 0.5) is 0 Å². The highest BCUT2D eigenvalue weighted by molar-refractivity contribution is 6.01. The van der Waals surface area contributed by atoms with Gasteiger partial charge in [0.25, 0.3) is 11.5 Å². The van der Waals surface area contributed by atoms with E-state index in [9.17, 15) is 14.9 Å². The van der Waals surface area contributed by atoms with Gasteiger partial charge in [0.2, 0.25) is 5.88 Å². The predicted octanol–water partition coefficient (Wildman–Crippen LogP) is 3.92. The first kappa shape index (κ1) is 21.6. The third-order valence-corrected chi connectivity index (χ3v) is 4.91. The highest BCUT2D eigenvalue weighted by atomic mass is 16.5. The minimum absolute atomic E-state index is 0.00600. The topological polar surface area (TPSA) is 110 Å². The molecule has 1 aromatic carbocycles. The van der Waals surface area contributed by atoms with E-state index in [4.69, 9.17) is 9.15 Å². The predicted molar refractivity (Wildman–Crippen MR) is 122 cm³/mol. The maximum Gasteiger partial charge on any atom is 0.269 e. The number of aromatic nitrogens is 2. The monoisotopic (exact) mass is 440 g/mol. The summed E-state index contributed by atoms with van der Waals surface area (Å²) in [5, 5.41) is 12.2. The van der Waals surface area contributed by atoms with Gasteiger partial charge in [0.1, 0.15) is 34.4 Å². The Morgan fingerprint density at radius 3 is 2.82 bits per heavy atom. The fourth-order valence-corrected chi connectivity index (χ4v) is 3.25. The van der Waals surface area contributed by atoms with Crippen LogP contribution in [0.15, 0.2) is 75.8 Å². The lowest BCUT2D eigenvalue weighted by Gasteiger charge is -2.12. The summed E-state index contributed by atoms with van der Waals surface area (Å²) in [6.07, 6.45) is 4.27. The average molecular weight is 440 g/mol. The molecule has 3 aromatic heterocycles. The van der Waals surface area contributed by atoms with Crippen LogP contribution in [0.3, 0.4) is 0 Å². The maximum atomic E-state index is 13.3. The van der Waals surface area contributed by atoms with Crippen molar-refractivity contribution in [1.29, 1.82) is 5.26 Å². The number of benzene rings is 1. The molecule has 0 radical (unpaired) electrons. The molecule has 3 heterocycles. The molecule has 4 aromatic rings. The lowest BCUT2D eigenvalue weighted by molar-refractivity contribution is -0.117. The Bertz CT molecular complexity index is 1460. The quantitative estimate of drug-likeness (QED) is 0.359. The molecule has 0 atom stereocenters. The van der Waals surface area contributed by atoms with Crippen LogP contribution in [0.25, 0.3) is 11.7 Å². The van der Waals surface area contributed by atoms with Gasteiger partial charge < -0.3 is 14.5 Å². The van der Waals surface area contributed by atoms with Crippen LogP contribution in [0.2, 0.25) is 0 Å². The number of furan rings is 1. The molecule has 0 aliphatic carbocycles. The molecule has 164 valence electrons. The highest BCUT2D eigenvalue weighted by Crippen LogP contribution is 2.25. The average Bonchev–Trinajstić information content (AvgIpc) is 3.32. The van der Waals surface area contributed by atoms with Crippen molar-refractivity contribution in [2.24, 2.45) is 0 Å². The van der Waals surface area contributed by atoms with Gasteiger partial charge in [-0.3, -0.25) is 14.0 Å². The summed E-state index contributed by atoms with van der Waals surface area (Å²) in [5.74, 6) is 0.373. The summed E-state index contributed by atoms with van der Waals surface area (Å²) in [6, 6.07) is 16.1. The molecule has 8 heteroatoms. The van der Waals surface area contributed by atoms with E-state index in [0.29, 0.717) is 17.2 Å². The van der Waals surface area contributed by atoms with Gasteiger partial charge in [0.15, 0.2) is 0 Å². The number of aryl methyl sites for hydroxylation is 2. The number of fused-ring (bicyclic) bond motifs is 1. The first-order chi connectivity index (χ1) is 16.0. The van der Waals surface area contributed by atoms with Gasteiger partial charge in [0.05, 0.1) is 12.8 Å². The fourth-order valence-electron chi connectivity index (χ4n) is 3.25. The van der Waals surface area contributed by atoms with E-state index in [1.807, 2.05) is 38.1 Å². The summed E-state index contributed by atoms with van der Waals surface area (Å²) in [4.78, 5) is 30.5. The van der Waals surface area contributed by atoms with Crippen molar-refractivity contribution in [3.8, 4) is 17.7 Å². The SMILES string of the molecule is Cc1cccc(Oc2nc3c(C)cccn3c(=O)c2/C=C(\C#N)C(=O)NCc2ccco2)c1. The molecule has 0 saturated heterocycles. The molecule has 8 nitrogen and oxygen atoms in total. The van der Waals surface area contributed by atoms with E-state index in [1.165, 1.54) is 16.7 Å². The number of nitriles is 1. The lowest BCUT2D eigenvalue weighted by Crippen LogP contribution is -2.25. The summed E-state index contributed by atoms with van der Waals surface area (Å²) < 4.78 is 12.5. The third-order valence-electron chi connectivity index (χ3n) is 4.91. The Kier molecular flexibility index (Phi) is 6.04. The number of ether oxygens (including phenoxy) is 1. The van der Waals surface area contributed by atoms with Gasteiger partial charge in [-0.15, -0.1) is 0 Å². The Morgan fingerprint density at radius 1 is 1.24 bits per heavy atom. The second-order valence-electron chi connectivity index (χ2n) is 7.37. The molecule has 0 fully saturated rings. The summed E-state index contributed by atoms with van der Waals surface area (Å²) >= 11 is 0. The third kappa shape index (κ3) is 4.67. The zero-order valence-corrected chi connectivity index (χ0v) is 18.0. The largest absolute Gasteiger partial charge is 0.467 e. The standard InChI is InChI=1S/C25H20N4O4/c1-16-6-3-8-19(12-16)33-24-21(25(31)29-10-4-7-17(2)22(29)28-24)13-18(14-26)23(30)27-15-20-9-5-11-32-20/h3-13H,15H2,1-2H3,(H,27,30)/b18-13+. The minimum atomic E-state index is -0.649. The van der Waals surface area contributed by atoms with Crippen molar-refractivity contribution < 1.29 is 13.9 Å². The first-order valence-corrected chi connectivity index (χ1v) is 10.1. The normalized spacial score (nSPS) is 11.2. The van der Waals surface area contributed by atoms with Crippen molar-refractivity contribution in [2.45, 2.75) is 20.4 Å². The van der Waals surface area contributed by atoms with Gasteiger partial charge in [-0.1, -0.05) is 18.2 Å². The van der Waals surface area contributed by atoms with E-state index in [-0.39, 0.29) is 23.6 Å².